The molecule has 2 bridgehead atoms. The van der Waals surface area contributed by atoms with Gasteiger partial charge in [-0.2, -0.15) is 15.0 Å². The Hall–Kier alpha value is -3.42. The number of rotatable bonds is 5. The fraction of sp³-hybridized carbons (Fsp3) is 0.333. The van der Waals surface area contributed by atoms with Crippen LogP contribution >= 0.6 is 0 Å². The van der Waals surface area contributed by atoms with Gasteiger partial charge in [-0.05, 0) is 43.5 Å². The average Bonchev–Trinajstić information content (AvgIpc) is 3.50. The third-order valence-corrected chi connectivity index (χ3v) is 5.85. The SMILES string of the molecule is COc1ccc(NC2CC3CCC2N3C(=O)c2ccccc2-n2nccn2)nc1. The third-order valence-electron chi connectivity index (χ3n) is 5.85. The van der Waals surface area contributed by atoms with E-state index in [1.165, 1.54) is 4.80 Å². The molecule has 8 nitrogen and oxygen atoms in total. The van der Waals surface area contributed by atoms with Crippen LogP contribution in [0.3, 0.4) is 0 Å². The minimum Gasteiger partial charge on any atom is -0.495 e. The lowest BCUT2D eigenvalue weighted by Crippen LogP contribution is -2.40. The van der Waals surface area contributed by atoms with Crippen molar-refractivity contribution in [3.05, 3.63) is 60.6 Å². The van der Waals surface area contributed by atoms with Crippen molar-refractivity contribution in [3.63, 3.8) is 0 Å². The fourth-order valence-corrected chi connectivity index (χ4v) is 4.54. The van der Waals surface area contributed by atoms with Crippen molar-refractivity contribution in [2.24, 2.45) is 0 Å². The number of hydrogen-bond acceptors (Lipinski definition) is 6. The lowest BCUT2D eigenvalue weighted by Gasteiger charge is -2.26. The van der Waals surface area contributed by atoms with Gasteiger partial charge in [-0.15, -0.1) is 0 Å². The number of pyridine rings is 1. The first kappa shape index (κ1) is 17.7. The van der Waals surface area contributed by atoms with Crippen LogP contribution in [0.4, 0.5) is 5.82 Å². The van der Waals surface area contributed by atoms with E-state index in [1.807, 2.05) is 41.3 Å². The number of carbonyl (C=O) groups excluding carboxylic acids is 1. The van der Waals surface area contributed by atoms with Gasteiger partial charge in [0, 0.05) is 12.1 Å². The van der Waals surface area contributed by atoms with Crippen LogP contribution in [0.15, 0.2) is 55.0 Å². The Balaban J connectivity index is 1.38. The Bertz CT molecular complexity index is 1000. The monoisotopic (exact) mass is 390 g/mol. The van der Waals surface area contributed by atoms with E-state index in [4.69, 9.17) is 4.74 Å². The molecule has 2 fully saturated rings. The smallest absolute Gasteiger partial charge is 0.256 e. The second-order valence-corrected chi connectivity index (χ2v) is 7.42. The minimum absolute atomic E-state index is 0.0393. The van der Waals surface area contributed by atoms with Crippen molar-refractivity contribution in [3.8, 4) is 11.4 Å². The van der Waals surface area contributed by atoms with Crippen LogP contribution in [0.1, 0.15) is 29.6 Å². The van der Waals surface area contributed by atoms with Gasteiger partial charge in [-0.25, -0.2) is 4.98 Å². The molecule has 3 atom stereocenters. The maximum Gasteiger partial charge on any atom is 0.256 e. The number of carbonyl (C=O) groups is 1. The fourth-order valence-electron chi connectivity index (χ4n) is 4.54. The molecular weight excluding hydrogens is 368 g/mol. The van der Waals surface area contributed by atoms with E-state index in [0.29, 0.717) is 11.3 Å². The number of fused-ring (bicyclic) bond motifs is 2. The Morgan fingerprint density at radius 2 is 1.97 bits per heavy atom. The summed E-state index contributed by atoms with van der Waals surface area (Å²) in [4.78, 5) is 21.5. The number of aromatic nitrogens is 4. The van der Waals surface area contributed by atoms with Crippen LogP contribution in [-0.4, -0.2) is 56.0 Å². The van der Waals surface area contributed by atoms with Crippen molar-refractivity contribution in [1.29, 1.82) is 0 Å². The van der Waals surface area contributed by atoms with Crippen molar-refractivity contribution in [2.45, 2.75) is 37.4 Å². The van der Waals surface area contributed by atoms with Crippen LogP contribution in [0, 0.1) is 0 Å². The molecule has 0 spiro atoms. The molecule has 1 N–H and O–H groups in total. The molecule has 3 unspecified atom stereocenters. The van der Waals surface area contributed by atoms with Crippen molar-refractivity contribution in [1.82, 2.24) is 24.9 Å². The van der Waals surface area contributed by atoms with Crippen molar-refractivity contribution in [2.75, 3.05) is 12.4 Å². The van der Waals surface area contributed by atoms with E-state index in [9.17, 15) is 4.79 Å². The Labute approximate surface area is 168 Å². The molecule has 2 aliphatic heterocycles. The number of methoxy groups -OCH3 is 1. The summed E-state index contributed by atoms with van der Waals surface area (Å²) < 4.78 is 5.17. The zero-order valence-corrected chi connectivity index (χ0v) is 16.1. The first-order chi connectivity index (χ1) is 14.2. The highest BCUT2D eigenvalue weighted by Crippen LogP contribution is 2.40. The molecule has 0 radical (unpaired) electrons. The lowest BCUT2D eigenvalue weighted by atomic mass is 9.95. The average molecular weight is 390 g/mol. The molecule has 1 amide bonds. The normalized spacial score (nSPS) is 22.7. The largest absolute Gasteiger partial charge is 0.495 e. The van der Waals surface area contributed by atoms with Gasteiger partial charge in [0.2, 0.25) is 0 Å². The Morgan fingerprint density at radius 1 is 1.14 bits per heavy atom. The van der Waals surface area contributed by atoms with Gasteiger partial charge in [-0.3, -0.25) is 4.79 Å². The Kier molecular flexibility index (Phi) is 4.38. The summed E-state index contributed by atoms with van der Waals surface area (Å²) in [7, 11) is 1.63. The summed E-state index contributed by atoms with van der Waals surface area (Å²) >= 11 is 0. The Morgan fingerprint density at radius 3 is 2.72 bits per heavy atom. The van der Waals surface area contributed by atoms with E-state index in [1.54, 1.807) is 25.7 Å². The van der Waals surface area contributed by atoms with Gasteiger partial charge in [-0.1, -0.05) is 12.1 Å². The van der Waals surface area contributed by atoms with Crippen molar-refractivity contribution < 1.29 is 9.53 Å². The van der Waals surface area contributed by atoms with Crippen LogP contribution in [0.5, 0.6) is 5.75 Å². The molecular formula is C21H22N6O2. The number of nitrogens with one attached hydrogen (secondary N) is 1. The molecule has 148 valence electrons. The minimum atomic E-state index is 0.0393. The van der Waals surface area contributed by atoms with Gasteiger partial charge in [0.15, 0.2) is 0 Å². The molecule has 3 aromatic rings. The molecule has 29 heavy (non-hydrogen) atoms. The molecule has 8 heteroatoms. The second kappa shape index (κ2) is 7.20. The van der Waals surface area contributed by atoms with Gasteiger partial charge in [0.1, 0.15) is 11.6 Å². The molecule has 4 heterocycles. The predicted molar refractivity (Wildman–Crippen MR) is 107 cm³/mol. The second-order valence-electron chi connectivity index (χ2n) is 7.42. The first-order valence-corrected chi connectivity index (χ1v) is 9.79. The zero-order valence-electron chi connectivity index (χ0n) is 16.1. The van der Waals surface area contributed by atoms with E-state index in [2.05, 4.69) is 20.5 Å². The van der Waals surface area contributed by atoms with Crippen molar-refractivity contribution >= 4 is 11.7 Å². The number of ether oxygens (including phenoxy) is 1. The summed E-state index contributed by atoms with van der Waals surface area (Å²) in [5.74, 6) is 1.57. The summed E-state index contributed by atoms with van der Waals surface area (Å²) in [6.07, 6.45) is 7.88. The van der Waals surface area contributed by atoms with E-state index < -0.39 is 0 Å². The standard InChI is InChI=1S/C21H22N6O2/c1-29-15-7-9-20(22-13-15)25-17-12-14-6-8-19(17)26(14)21(28)16-4-2-3-5-18(16)27-23-10-11-24-27/h2-5,7,9-11,13-14,17,19H,6,8,12H2,1H3,(H,22,25). The zero-order chi connectivity index (χ0) is 19.8. The molecule has 1 aromatic carbocycles. The first-order valence-electron chi connectivity index (χ1n) is 9.79. The number of benzene rings is 1. The lowest BCUT2D eigenvalue weighted by molar-refractivity contribution is 0.0727. The van der Waals surface area contributed by atoms with Crippen LogP contribution in [-0.2, 0) is 0 Å². The van der Waals surface area contributed by atoms with Gasteiger partial charge in [0.25, 0.3) is 5.91 Å². The molecule has 0 aliphatic carbocycles. The molecule has 0 saturated carbocycles. The molecule has 5 rings (SSSR count). The van der Waals surface area contributed by atoms with E-state index in [0.717, 1.165) is 30.8 Å². The summed E-state index contributed by atoms with van der Waals surface area (Å²) in [5, 5.41) is 11.9. The molecule has 2 aliphatic rings. The number of hydrogen-bond donors (Lipinski definition) is 1. The maximum atomic E-state index is 13.5. The third kappa shape index (κ3) is 3.10. The summed E-state index contributed by atoms with van der Waals surface area (Å²) in [5.41, 5.74) is 1.33. The van der Waals surface area contributed by atoms with Gasteiger partial charge in [0.05, 0.1) is 43.0 Å². The van der Waals surface area contributed by atoms with Gasteiger partial charge < -0.3 is 15.0 Å². The van der Waals surface area contributed by atoms with Crippen LogP contribution < -0.4 is 10.1 Å². The quantitative estimate of drug-likeness (QED) is 0.721. The highest BCUT2D eigenvalue weighted by atomic mass is 16.5. The van der Waals surface area contributed by atoms with Gasteiger partial charge >= 0.3 is 0 Å². The highest BCUT2D eigenvalue weighted by Gasteiger charge is 2.49. The molecule has 2 aromatic heterocycles. The maximum absolute atomic E-state index is 13.5. The summed E-state index contributed by atoms with van der Waals surface area (Å²) in [6, 6.07) is 11.9. The molecule has 2 saturated heterocycles. The van der Waals surface area contributed by atoms with Crippen LogP contribution in [0.25, 0.3) is 5.69 Å². The highest BCUT2D eigenvalue weighted by molar-refractivity contribution is 5.98. The number of para-hydroxylation sites is 1. The van der Waals surface area contributed by atoms with E-state index in [-0.39, 0.29) is 24.0 Å². The number of nitrogens with zero attached hydrogens (tertiary/aromatic N) is 5. The van der Waals surface area contributed by atoms with E-state index >= 15 is 0 Å². The number of amides is 1. The van der Waals surface area contributed by atoms with Crippen LogP contribution in [0.2, 0.25) is 0 Å². The number of anilines is 1. The topological polar surface area (TPSA) is 85.2 Å². The summed E-state index contributed by atoms with van der Waals surface area (Å²) in [6.45, 7) is 0. The predicted octanol–water partition coefficient (Wildman–Crippen LogP) is 2.53.